The number of aromatic nitrogens is 1. The van der Waals surface area contributed by atoms with Gasteiger partial charge in [-0.3, -0.25) is 4.79 Å². The third-order valence-electron chi connectivity index (χ3n) is 3.32. The molecule has 2 aromatic heterocycles. The molecule has 0 aliphatic rings. The Balaban J connectivity index is 1.59. The Bertz CT molecular complexity index is 760. The van der Waals surface area contributed by atoms with Crippen LogP contribution in [0.4, 0.5) is 0 Å². The summed E-state index contributed by atoms with van der Waals surface area (Å²) in [6.07, 6.45) is 3.40. The Morgan fingerprint density at radius 3 is 3.00 bits per heavy atom. The van der Waals surface area contributed by atoms with Crippen LogP contribution in [0, 0.1) is 0 Å². The van der Waals surface area contributed by atoms with Gasteiger partial charge in [-0.1, -0.05) is 25.1 Å². The quantitative estimate of drug-likeness (QED) is 0.776. The second kappa shape index (κ2) is 6.37. The van der Waals surface area contributed by atoms with Crippen LogP contribution in [-0.4, -0.2) is 17.4 Å². The van der Waals surface area contributed by atoms with Gasteiger partial charge in [0.25, 0.3) is 5.91 Å². The van der Waals surface area contributed by atoms with E-state index >= 15 is 0 Å². The zero-order chi connectivity index (χ0) is 14.7. The molecule has 0 saturated heterocycles. The fraction of sp³-hybridized carbons (Fsp3) is 0.250. The molecule has 0 bridgehead atoms. The van der Waals surface area contributed by atoms with Crippen molar-refractivity contribution in [2.24, 2.45) is 0 Å². The normalized spacial score (nSPS) is 10.9. The van der Waals surface area contributed by atoms with Gasteiger partial charge in [-0.2, -0.15) is 0 Å². The van der Waals surface area contributed by atoms with Crippen LogP contribution in [-0.2, 0) is 12.8 Å². The van der Waals surface area contributed by atoms with Gasteiger partial charge in [0.1, 0.15) is 4.88 Å². The number of benzene rings is 1. The lowest BCUT2D eigenvalue weighted by atomic mass is 10.1. The molecule has 0 radical (unpaired) electrons. The number of nitrogens with zero attached hydrogens (tertiary/aromatic N) is 1. The molecule has 0 saturated carbocycles. The summed E-state index contributed by atoms with van der Waals surface area (Å²) >= 11 is 3.23. The van der Waals surface area contributed by atoms with Gasteiger partial charge in [-0.25, -0.2) is 4.98 Å². The lowest BCUT2D eigenvalue weighted by Crippen LogP contribution is -2.24. The number of carbonyl (C=O) groups is 1. The summed E-state index contributed by atoms with van der Waals surface area (Å²) in [5, 5.41) is 7.45. The zero-order valence-electron chi connectivity index (χ0n) is 11.8. The van der Waals surface area contributed by atoms with E-state index in [-0.39, 0.29) is 5.91 Å². The molecular formula is C16H16N2OS2. The van der Waals surface area contributed by atoms with Gasteiger partial charge < -0.3 is 5.32 Å². The average Bonchev–Trinajstić information content (AvgIpc) is 3.14. The van der Waals surface area contributed by atoms with Gasteiger partial charge in [0.15, 0.2) is 0 Å². The topological polar surface area (TPSA) is 42.0 Å². The number of thiophene rings is 1. The van der Waals surface area contributed by atoms with Crippen molar-refractivity contribution in [2.75, 3.05) is 6.54 Å². The van der Waals surface area contributed by atoms with Crippen molar-refractivity contribution >= 4 is 38.7 Å². The van der Waals surface area contributed by atoms with Crippen molar-refractivity contribution in [1.82, 2.24) is 10.3 Å². The molecule has 3 rings (SSSR count). The molecular weight excluding hydrogens is 300 g/mol. The van der Waals surface area contributed by atoms with Crippen molar-refractivity contribution in [3.63, 3.8) is 0 Å². The second-order valence-corrected chi connectivity index (χ2v) is 6.76. The smallest absolute Gasteiger partial charge is 0.263 e. The van der Waals surface area contributed by atoms with Gasteiger partial charge in [0.2, 0.25) is 0 Å². The van der Waals surface area contributed by atoms with Gasteiger partial charge in [-0.15, -0.1) is 22.7 Å². The SMILES string of the molecule is CCc1ncc(C(=O)NCCc2csc3ccccc23)s1. The van der Waals surface area contributed by atoms with Crippen LogP contribution in [0.25, 0.3) is 10.1 Å². The second-order valence-electron chi connectivity index (χ2n) is 4.73. The minimum atomic E-state index is -0.0215. The first-order valence-corrected chi connectivity index (χ1v) is 8.65. The van der Waals surface area contributed by atoms with E-state index in [2.05, 4.69) is 39.9 Å². The summed E-state index contributed by atoms with van der Waals surface area (Å²) in [7, 11) is 0. The van der Waals surface area contributed by atoms with E-state index < -0.39 is 0 Å². The van der Waals surface area contributed by atoms with E-state index in [1.54, 1.807) is 17.5 Å². The van der Waals surface area contributed by atoms with Gasteiger partial charge in [-0.05, 0) is 35.2 Å². The van der Waals surface area contributed by atoms with Gasteiger partial charge in [0, 0.05) is 11.2 Å². The molecule has 1 aromatic carbocycles. The molecule has 3 aromatic rings. The molecule has 5 heteroatoms. The molecule has 108 valence electrons. The first kappa shape index (κ1) is 14.2. The molecule has 0 unspecified atom stereocenters. The van der Waals surface area contributed by atoms with Crippen molar-refractivity contribution in [1.29, 1.82) is 0 Å². The molecule has 0 fully saturated rings. The standard InChI is InChI=1S/C16H16N2OS2/c1-2-15-18-9-14(21-15)16(19)17-8-7-11-10-20-13-6-4-3-5-12(11)13/h3-6,9-10H,2,7-8H2,1H3,(H,17,19). The largest absolute Gasteiger partial charge is 0.351 e. The Kier molecular flexibility index (Phi) is 4.31. The summed E-state index contributed by atoms with van der Waals surface area (Å²) in [5.41, 5.74) is 1.30. The van der Waals surface area contributed by atoms with Gasteiger partial charge in [0.05, 0.1) is 11.2 Å². The predicted molar refractivity (Wildman–Crippen MR) is 89.4 cm³/mol. The molecule has 3 nitrogen and oxygen atoms in total. The number of thiazole rings is 1. The molecule has 0 aliphatic carbocycles. The number of carbonyl (C=O) groups excluding carboxylic acids is 1. The van der Waals surface area contributed by atoms with Crippen LogP contribution < -0.4 is 5.32 Å². The molecule has 0 aliphatic heterocycles. The van der Waals surface area contributed by atoms with E-state index in [1.165, 1.54) is 27.0 Å². The highest BCUT2D eigenvalue weighted by molar-refractivity contribution is 7.17. The summed E-state index contributed by atoms with van der Waals surface area (Å²) in [6, 6.07) is 8.38. The number of hydrogen-bond donors (Lipinski definition) is 1. The highest BCUT2D eigenvalue weighted by Crippen LogP contribution is 2.25. The van der Waals surface area contributed by atoms with E-state index in [1.807, 2.05) is 6.92 Å². The fourth-order valence-electron chi connectivity index (χ4n) is 2.20. The predicted octanol–water partition coefficient (Wildman–Crippen LogP) is 3.89. The lowest BCUT2D eigenvalue weighted by molar-refractivity contribution is 0.0958. The van der Waals surface area contributed by atoms with Crippen LogP contribution >= 0.6 is 22.7 Å². The lowest BCUT2D eigenvalue weighted by Gasteiger charge is -2.02. The first-order chi connectivity index (χ1) is 10.3. The maximum Gasteiger partial charge on any atom is 0.263 e. The fourth-order valence-corrected chi connectivity index (χ4v) is 3.97. The highest BCUT2D eigenvalue weighted by atomic mass is 32.1. The minimum absolute atomic E-state index is 0.0215. The van der Waals surface area contributed by atoms with Crippen LogP contribution in [0.1, 0.15) is 27.2 Å². The molecule has 21 heavy (non-hydrogen) atoms. The van der Waals surface area contributed by atoms with E-state index in [0.29, 0.717) is 11.4 Å². The maximum absolute atomic E-state index is 12.0. The Morgan fingerprint density at radius 2 is 2.19 bits per heavy atom. The molecule has 1 amide bonds. The Hall–Kier alpha value is -1.72. The molecule has 2 heterocycles. The number of fused-ring (bicyclic) bond motifs is 1. The maximum atomic E-state index is 12.0. The van der Waals surface area contributed by atoms with E-state index in [0.717, 1.165) is 17.8 Å². The molecule has 0 spiro atoms. The summed E-state index contributed by atoms with van der Waals surface area (Å²) in [6.45, 7) is 2.70. The molecule has 0 atom stereocenters. The van der Waals surface area contributed by atoms with E-state index in [9.17, 15) is 4.79 Å². The van der Waals surface area contributed by atoms with Crippen molar-refractivity contribution in [3.8, 4) is 0 Å². The van der Waals surface area contributed by atoms with Crippen LogP contribution in [0.3, 0.4) is 0 Å². The average molecular weight is 316 g/mol. The Morgan fingerprint density at radius 1 is 1.33 bits per heavy atom. The van der Waals surface area contributed by atoms with Crippen LogP contribution in [0.15, 0.2) is 35.8 Å². The summed E-state index contributed by atoms with van der Waals surface area (Å²) in [5.74, 6) is -0.0215. The van der Waals surface area contributed by atoms with Crippen molar-refractivity contribution < 1.29 is 4.79 Å². The molecule has 1 N–H and O–H groups in total. The summed E-state index contributed by atoms with van der Waals surface area (Å²) in [4.78, 5) is 16.9. The first-order valence-electron chi connectivity index (χ1n) is 6.96. The third-order valence-corrected chi connectivity index (χ3v) is 5.47. The van der Waals surface area contributed by atoms with Crippen molar-refractivity contribution in [3.05, 3.63) is 51.3 Å². The number of aryl methyl sites for hydroxylation is 1. The number of hydrogen-bond acceptors (Lipinski definition) is 4. The highest BCUT2D eigenvalue weighted by Gasteiger charge is 2.10. The summed E-state index contributed by atoms with van der Waals surface area (Å²) < 4.78 is 1.30. The monoisotopic (exact) mass is 316 g/mol. The number of amides is 1. The van der Waals surface area contributed by atoms with E-state index in [4.69, 9.17) is 0 Å². The van der Waals surface area contributed by atoms with Crippen LogP contribution in [0.5, 0.6) is 0 Å². The Labute approximate surface area is 131 Å². The van der Waals surface area contributed by atoms with Crippen molar-refractivity contribution in [2.45, 2.75) is 19.8 Å². The number of rotatable bonds is 5. The zero-order valence-corrected chi connectivity index (χ0v) is 13.4. The third kappa shape index (κ3) is 3.14. The van der Waals surface area contributed by atoms with Crippen LogP contribution in [0.2, 0.25) is 0 Å². The number of nitrogens with one attached hydrogen (secondary N) is 1. The van der Waals surface area contributed by atoms with Gasteiger partial charge >= 0.3 is 0 Å². The minimum Gasteiger partial charge on any atom is -0.351 e.